The number of carbonyl (C=O) groups excluding carboxylic acids is 4. The number of benzene rings is 1. The van der Waals surface area contributed by atoms with Gasteiger partial charge in [0.15, 0.2) is 11.5 Å². The summed E-state index contributed by atoms with van der Waals surface area (Å²) in [7, 11) is 0. The number of hydrogen-bond acceptors (Lipinski definition) is 8. The lowest BCUT2D eigenvalue weighted by atomic mass is 10.2. The Hall–Kier alpha value is -2.90. The average Bonchev–Trinajstić information content (AvgIpc) is 2.31. The number of ether oxygens (including phenoxy) is 4. The Labute approximate surface area is 119 Å². The Balaban J connectivity index is 3.39. The molecule has 0 fully saturated rings. The summed E-state index contributed by atoms with van der Waals surface area (Å²) in [6.07, 6.45) is 0. The molecule has 0 aliphatic heterocycles. The predicted molar refractivity (Wildman–Crippen MR) is 67.1 cm³/mol. The Morgan fingerprint density at radius 1 is 0.857 bits per heavy atom. The van der Waals surface area contributed by atoms with Gasteiger partial charge < -0.3 is 18.9 Å². The van der Waals surface area contributed by atoms with Crippen LogP contribution in [-0.4, -0.2) is 24.4 Å². The predicted octanol–water partition coefficient (Wildman–Crippen LogP) is 0.998. The van der Waals surface area contributed by atoms with E-state index in [2.05, 4.69) is 4.74 Å². The van der Waals surface area contributed by atoms with E-state index in [-0.39, 0.29) is 29.5 Å². The highest BCUT2D eigenvalue weighted by molar-refractivity contribution is 5.77. The summed E-state index contributed by atoms with van der Waals surface area (Å²) in [5, 5.41) is 0. The van der Waals surface area contributed by atoms with Gasteiger partial charge in [-0.05, 0) is 0 Å². The monoisotopic (exact) mass is 296 g/mol. The maximum atomic E-state index is 11.1. The molecule has 8 heteroatoms. The molecule has 0 aromatic heterocycles. The van der Waals surface area contributed by atoms with Gasteiger partial charge in [-0.3, -0.25) is 19.2 Å². The van der Waals surface area contributed by atoms with Crippen molar-refractivity contribution in [2.24, 2.45) is 0 Å². The van der Waals surface area contributed by atoms with Gasteiger partial charge in [-0.1, -0.05) is 0 Å². The molecule has 8 nitrogen and oxygen atoms in total. The first kappa shape index (κ1) is 16.2. The molecule has 0 saturated heterocycles. The molecule has 0 heterocycles. The fourth-order valence-electron chi connectivity index (χ4n) is 1.39. The third-order valence-corrected chi connectivity index (χ3v) is 1.93. The highest BCUT2D eigenvalue weighted by atomic mass is 16.6. The van der Waals surface area contributed by atoms with Gasteiger partial charge in [0, 0.05) is 32.9 Å². The van der Waals surface area contributed by atoms with E-state index in [9.17, 15) is 19.2 Å². The first-order valence-corrected chi connectivity index (χ1v) is 5.67. The lowest BCUT2D eigenvalue weighted by molar-refractivity contribution is -0.135. The van der Waals surface area contributed by atoms with E-state index in [0.717, 1.165) is 32.9 Å². The van der Waals surface area contributed by atoms with E-state index < -0.39 is 17.9 Å². The fourth-order valence-corrected chi connectivity index (χ4v) is 1.39. The van der Waals surface area contributed by atoms with E-state index in [0.29, 0.717) is 0 Å². The molecule has 1 rings (SSSR count). The van der Waals surface area contributed by atoms with Crippen LogP contribution >= 0.6 is 0 Å². The zero-order valence-corrected chi connectivity index (χ0v) is 11.5. The molecule has 21 heavy (non-hydrogen) atoms. The van der Waals surface area contributed by atoms with Gasteiger partial charge in [0.25, 0.3) is 6.47 Å². The zero-order chi connectivity index (χ0) is 16.0. The number of hydrogen-bond donors (Lipinski definition) is 0. The molecule has 112 valence electrons. The van der Waals surface area contributed by atoms with Crippen LogP contribution in [0.5, 0.6) is 23.0 Å². The third kappa shape index (κ3) is 4.94. The van der Waals surface area contributed by atoms with Gasteiger partial charge in [0.05, 0.1) is 0 Å². The van der Waals surface area contributed by atoms with Gasteiger partial charge in [0.2, 0.25) is 5.75 Å². The average molecular weight is 296 g/mol. The maximum absolute atomic E-state index is 11.1. The number of carbonyl (C=O) groups is 4. The summed E-state index contributed by atoms with van der Waals surface area (Å²) < 4.78 is 19.2. The van der Waals surface area contributed by atoms with Crippen molar-refractivity contribution in [3.05, 3.63) is 12.1 Å². The first-order valence-electron chi connectivity index (χ1n) is 5.67. The summed E-state index contributed by atoms with van der Waals surface area (Å²) in [6, 6.07) is 2.29. The van der Waals surface area contributed by atoms with Crippen LogP contribution in [0.3, 0.4) is 0 Å². The molecule has 0 radical (unpaired) electrons. The molecular formula is C13H12O8. The molecular weight excluding hydrogens is 284 g/mol. The summed E-state index contributed by atoms with van der Waals surface area (Å²) in [5.74, 6) is -2.86. The molecule has 1 aromatic rings. The molecule has 0 aliphatic carbocycles. The molecule has 0 bridgehead atoms. The van der Waals surface area contributed by atoms with Crippen molar-refractivity contribution >= 4 is 24.4 Å². The minimum absolute atomic E-state index is 0.0495. The summed E-state index contributed by atoms with van der Waals surface area (Å²) in [5.41, 5.74) is 0. The normalized spacial score (nSPS) is 9.48. The second-order valence-electron chi connectivity index (χ2n) is 3.74. The highest BCUT2D eigenvalue weighted by Gasteiger charge is 2.20. The minimum Gasteiger partial charge on any atom is -0.426 e. The van der Waals surface area contributed by atoms with Crippen molar-refractivity contribution < 1.29 is 38.1 Å². The Morgan fingerprint density at radius 3 is 1.86 bits per heavy atom. The van der Waals surface area contributed by atoms with E-state index in [1.54, 1.807) is 0 Å². The largest absolute Gasteiger partial charge is 0.426 e. The topological polar surface area (TPSA) is 105 Å². The summed E-state index contributed by atoms with van der Waals surface area (Å²) in [4.78, 5) is 43.6. The molecule has 0 amide bonds. The van der Waals surface area contributed by atoms with Crippen LogP contribution < -0.4 is 18.9 Å². The zero-order valence-electron chi connectivity index (χ0n) is 11.5. The van der Waals surface area contributed by atoms with Gasteiger partial charge in [-0.15, -0.1) is 0 Å². The lowest BCUT2D eigenvalue weighted by Gasteiger charge is -2.13. The van der Waals surface area contributed by atoms with Gasteiger partial charge in [-0.2, -0.15) is 0 Å². The Bertz CT molecular complexity index is 590. The van der Waals surface area contributed by atoms with Crippen LogP contribution in [0.25, 0.3) is 0 Å². The van der Waals surface area contributed by atoms with Crippen molar-refractivity contribution in [2.45, 2.75) is 20.8 Å². The lowest BCUT2D eigenvalue weighted by Crippen LogP contribution is -2.10. The van der Waals surface area contributed by atoms with Crippen LogP contribution in [0.2, 0.25) is 0 Å². The van der Waals surface area contributed by atoms with Gasteiger partial charge in [-0.25, -0.2) is 0 Å². The third-order valence-electron chi connectivity index (χ3n) is 1.93. The second kappa shape index (κ2) is 7.04. The van der Waals surface area contributed by atoms with Crippen molar-refractivity contribution in [1.82, 2.24) is 0 Å². The number of rotatable bonds is 5. The molecule has 0 N–H and O–H groups in total. The van der Waals surface area contributed by atoms with Crippen LogP contribution in [0.15, 0.2) is 12.1 Å². The second-order valence-corrected chi connectivity index (χ2v) is 3.74. The van der Waals surface area contributed by atoms with E-state index in [1.807, 2.05) is 0 Å². The SMILES string of the molecule is CC(=O)Oc1cc(OC=O)c(OC(C)=O)c(OC(C)=O)c1. The minimum atomic E-state index is -0.723. The van der Waals surface area contributed by atoms with Crippen molar-refractivity contribution in [2.75, 3.05) is 0 Å². The maximum Gasteiger partial charge on any atom is 0.308 e. The Morgan fingerprint density at radius 2 is 1.38 bits per heavy atom. The first-order chi connectivity index (χ1) is 9.83. The highest BCUT2D eigenvalue weighted by Crippen LogP contribution is 2.41. The van der Waals surface area contributed by atoms with Crippen molar-refractivity contribution in [3.8, 4) is 23.0 Å². The van der Waals surface area contributed by atoms with Crippen LogP contribution in [0.1, 0.15) is 20.8 Å². The number of esters is 3. The quantitative estimate of drug-likeness (QED) is 0.450. The molecule has 0 unspecified atom stereocenters. The van der Waals surface area contributed by atoms with Crippen molar-refractivity contribution in [3.63, 3.8) is 0 Å². The van der Waals surface area contributed by atoms with Crippen molar-refractivity contribution in [1.29, 1.82) is 0 Å². The smallest absolute Gasteiger partial charge is 0.308 e. The van der Waals surface area contributed by atoms with Crippen LogP contribution in [-0.2, 0) is 19.2 Å². The fraction of sp³-hybridized carbons (Fsp3) is 0.231. The molecule has 0 saturated carbocycles. The standard InChI is InChI=1S/C13H12O8/c1-7(15)19-10-4-11(18-6-14)13(21-9(3)17)12(5-10)20-8(2)16/h4-6H,1-3H3. The van der Waals surface area contributed by atoms with Crippen LogP contribution in [0.4, 0.5) is 0 Å². The van der Waals surface area contributed by atoms with E-state index in [4.69, 9.17) is 14.2 Å². The van der Waals surface area contributed by atoms with Gasteiger partial charge >= 0.3 is 17.9 Å². The van der Waals surface area contributed by atoms with E-state index in [1.165, 1.54) is 0 Å². The van der Waals surface area contributed by atoms with E-state index >= 15 is 0 Å². The van der Waals surface area contributed by atoms with Gasteiger partial charge in [0.1, 0.15) is 5.75 Å². The summed E-state index contributed by atoms with van der Waals surface area (Å²) >= 11 is 0. The summed E-state index contributed by atoms with van der Waals surface area (Å²) in [6.45, 7) is 3.47. The molecule has 0 spiro atoms. The molecule has 1 aromatic carbocycles. The molecule has 0 aliphatic rings. The Kier molecular flexibility index (Phi) is 5.41. The van der Waals surface area contributed by atoms with Crippen LogP contribution in [0, 0.1) is 0 Å². The molecule has 0 atom stereocenters.